The van der Waals surface area contributed by atoms with Crippen LogP contribution in [-0.2, 0) is 26.6 Å². The van der Waals surface area contributed by atoms with Gasteiger partial charge >= 0.3 is 5.97 Å². The van der Waals surface area contributed by atoms with E-state index in [2.05, 4.69) is 10.3 Å². The number of hydrogen-bond acceptors (Lipinski definition) is 6. The Morgan fingerprint density at radius 3 is 2.59 bits per heavy atom. The molecule has 3 rings (SSSR count). The monoisotopic (exact) mass is 411 g/mol. The number of benzene rings is 2. The first-order valence-electron chi connectivity index (χ1n) is 8.98. The Morgan fingerprint density at radius 1 is 1.10 bits per heavy atom. The molecule has 3 aromatic rings. The summed E-state index contributed by atoms with van der Waals surface area (Å²) in [5.41, 5.74) is 2.44. The van der Waals surface area contributed by atoms with Gasteiger partial charge in [-0.15, -0.1) is 0 Å². The molecule has 0 spiro atoms. The van der Waals surface area contributed by atoms with Crippen LogP contribution in [0, 0.1) is 0 Å². The summed E-state index contributed by atoms with van der Waals surface area (Å²) in [6, 6.07) is 14.2. The molecule has 150 valence electrons. The minimum atomic E-state index is -0.537. The summed E-state index contributed by atoms with van der Waals surface area (Å²) >= 11 is 1.61. The molecule has 0 aliphatic rings. The summed E-state index contributed by atoms with van der Waals surface area (Å²) in [4.78, 5) is 40.7. The fraction of sp³-hybridized carbons (Fsp3) is 0.238. The maximum absolute atomic E-state index is 12.3. The molecule has 2 aromatic carbocycles. The minimum Gasteiger partial charge on any atom is -0.454 e. The number of carbonyl (C=O) groups is 3. The maximum atomic E-state index is 12.3. The molecule has 0 aliphatic carbocycles. The number of carbonyl (C=O) groups excluding carboxylic acids is 3. The van der Waals surface area contributed by atoms with Crippen molar-refractivity contribution < 1.29 is 19.1 Å². The van der Waals surface area contributed by atoms with Crippen molar-refractivity contribution in [2.75, 3.05) is 18.2 Å². The molecule has 1 N–H and O–H groups in total. The lowest BCUT2D eigenvalue weighted by Crippen LogP contribution is -2.24. The van der Waals surface area contributed by atoms with E-state index in [9.17, 15) is 14.4 Å². The van der Waals surface area contributed by atoms with Gasteiger partial charge < -0.3 is 14.6 Å². The molecule has 0 radical (unpaired) electrons. The van der Waals surface area contributed by atoms with Crippen LogP contribution in [0.25, 0.3) is 11.0 Å². The predicted octanol–water partition coefficient (Wildman–Crippen LogP) is 3.28. The Balaban J connectivity index is 1.63. The molecule has 0 unspecified atom stereocenters. The highest BCUT2D eigenvalue weighted by Crippen LogP contribution is 2.19. The van der Waals surface area contributed by atoms with Crippen LogP contribution >= 0.6 is 11.8 Å². The van der Waals surface area contributed by atoms with Gasteiger partial charge in [-0.2, -0.15) is 11.8 Å². The van der Waals surface area contributed by atoms with Crippen molar-refractivity contribution in [2.24, 2.45) is 0 Å². The van der Waals surface area contributed by atoms with E-state index in [0.29, 0.717) is 17.0 Å². The number of rotatable bonds is 8. The molecule has 1 aromatic heterocycles. The van der Waals surface area contributed by atoms with Gasteiger partial charge in [-0.05, 0) is 37.4 Å². The highest BCUT2D eigenvalue weighted by molar-refractivity contribution is 7.97. The van der Waals surface area contributed by atoms with Crippen molar-refractivity contribution in [3.05, 3.63) is 59.9 Å². The number of anilines is 1. The van der Waals surface area contributed by atoms with Crippen LogP contribution in [0.3, 0.4) is 0 Å². The van der Waals surface area contributed by atoms with Crippen molar-refractivity contribution in [2.45, 2.75) is 19.2 Å². The topological polar surface area (TPSA) is 90.3 Å². The molecule has 8 heteroatoms. The Hall–Kier alpha value is -3.13. The Kier molecular flexibility index (Phi) is 6.66. The molecule has 0 aliphatic heterocycles. The highest BCUT2D eigenvalue weighted by atomic mass is 32.2. The first-order valence-corrected chi connectivity index (χ1v) is 10.4. The molecule has 0 atom stereocenters. The van der Waals surface area contributed by atoms with E-state index in [4.69, 9.17) is 4.74 Å². The fourth-order valence-corrected chi connectivity index (χ4v) is 3.43. The number of thioether (sulfide) groups is 1. The molecule has 0 saturated carbocycles. The summed E-state index contributed by atoms with van der Waals surface area (Å²) in [7, 11) is 0. The van der Waals surface area contributed by atoms with Gasteiger partial charge in [-0.1, -0.05) is 24.3 Å². The largest absolute Gasteiger partial charge is 0.454 e. The van der Waals surface area contributed by atoms with Crippen LogP contribution in [-0.4, -0.2) is 40.1 Å². The van der Waals surface area contributed by atoms with Gasteiger partial charge in [0.1, 0.15) is 12.4 Å². The zero-order chi connectivity index (χ0) is 20.8. The van der Waals surface area contributed by atoms with E-state index in [1.165, 1.54) is 6.92 Å². The smallest absolute Gasteiger partial charge is 0.326 e. The van der Waals surface area contributed by atoms with Gasteiger partial charge in [0.05, 0.1) is 22.5 Å². The van der Waals surface area contributed by atoms with E-state index < -0.39 is 18.5 Å². The average molecular weight is 411 g/mol. The number of ketones is 1. The lowest BCUT2D eigenvalue weighted by molar-refractivity contribution is -0.147. The van der Waals surface area contributed by atoms with Gasteiger partial charge in [0.2, 0.25) is 0 Å². The lowest BCUT2D eigenvalue weighted by Gasteiger charge is -2.11. The van der Waals surface area contributed by atoms with Crippen molar-refractivity contribution in [1.82, 2.24) is 9.55 Å². The quantitative estimate of drug-likeness (QED) is 0.452. The van der Waals surface area contributed by atoms with E-state index in [-0.39, 0.29) is 12.3 Å². The number of nitrogens with one attached hydrogen (secondary N) is 1. The number of Topliss-reactive ketones (excluding diaryl/α,β-unsaturated/α-hetero) is 1. The summed E-state index contributed by atoms with van der Waals surface area (Å²) in [6.07, 6.45) is 1.96. The van der Waals surface area contributed by atoms with E-state index in [1.807, 2.05) is 30.5 Å². The van der Waals surface area contributed by atoms with Gasteiger partial charge in [0, 0.05) is 5.56 Å². The molecule has 7 nitrogen and oxygen atoms in total. The number of amides is 1. The van der Waals surface area contributed by atoms with Crippen LogP contribution in [0.5, 0.6) is 0 Å². The average Bonchev–Trinajstić information content (AvgIpc) is 3.04. The van der Waals surface area contributed by atoms with E-state index in [1.54, 1.807) is 40.6 Å². The summed E-state index contributed by atoms with van der Waals surface area (Å²) in [6.45, 7) is 0.954. The van der Waals surface area contributed by atoms with Crippen molar-refractivity contribution >= 4 is 46.1 Å². The number of fused-ring (bicyclic) bond motifs is 1. The van der Waals surface area contributed by atoms with Gasteiger partial charge in [-0.25, -0.2) is 4.98 Å². The molecule has 1 amide bonds. The first kappa shape index (κ1) is 20.6. The van der Waals surface area contributed by atoms with Crippen LogP contribution in [0.2, 0.25) is 0 Å². The van der Waals surface area contributed by atoms with Gasteiger partial charge in [0.15, 0.2) is 12.4 Å². The molecule has 0 saturated heterocycles. The number of para-hydroxylation sites is 3. The summed E-state index contributed by atoms with van der Waals surface area (Å²) < 4.78 is 6.94. The Morgan fingerprint density at radius 2 is 1.83 bits per heavy atom. The molecular formula is C21H21N3O4S. The second kappa shape index (κ2) is 9.38. The van der Waals surface area contributed by atoms with Gasteiger partial charge in [-0.3, -0.25) is 14.4 Å². The predicted molar refractivity (Wildman–Crippen MR) is 113 cm³/mol. The Labute approximate surface area is 172 Å². The number of nitrogens with zero attached hydrogens (tertiary/aromatic N) is 2. The number of imidazole rings is 1. The zero-order valence-electron chi connectivity index (χ0n) is 16.2. The summed E-state index contributed by atoms with van der Waals surface area (Å²) in [5, 5.41) is 2.61. The highest BCUT2D eigenvalue weighted by Gasteiger charge is 2.16. The van der Waals surface area contributed by atoms with Crippen LogP contribution in [0.4, 0.5) is 5.69 Å². The standard InChI is InChI=1S/C21H21N3O4S/c1-14(25)15-7-3-4-8-16(15)23-20(26)12-28-21(27)11-24-18-10-6-5-9-17(18)22-19(24)13-29-2/h3-10H,11-13H2,1-2H3,(H,23,26). The van der Waals surface area contributed by atoms with Crippen LogP contribution in [0.15, 0.2) is 48.5 Å². The first-order chi connectivity index (χ1) is 14.0. The zero-order valence-corrected chi connectivity index (χ0v) is 17.0. The van der Waals surface area contributed by atoms with Crippen LogP contribution < -0.4 is 5.32 Å². The van der Waals surface area contributed by atoms with Crippen molar-refractivity contribution in [3.63, 3.8) is 0 Å². The van der Waals surface area contributed by atoms with Crippen LogP contribution in [0.1, 0.15) is 23.1 Å². The number of esters is 1. The second-order valence-electron chi connectivity index (χ2n) is 6.35. The third-order valence-corrected chi connectivity index (χ3v) is 4.79. The maximum Gasteiger partial charge on any atom is 0.326 e. The molecule has 0 bridgehead atoms. The van der Waals surface area contributed by atoms with Crippen molar-refractivity contribution in [3.8, 4) is 0 Å². The molecule has 29 heavy (non-hydrogen) atoms. The van der Waals surface area contributed by atoms with E-state index in [0.717, 1.165) is 16.9 Å². The molecular weight excluding hydrogens is 390 g/mol. The third-order valence-electron chi connectivity index (χ3n) is 4.24. The number of aromatic nitrogens is 2. The Bertz CT molecular complexity index is 1060. The van der Waals surface area contributed by atoms with Crippen molar-refractivity contribution in [1.29, 1.82) is 0 Å². The fourth-order valence-electron chi connectivity index (χ4n) is 2.95. The number of ether oxygens (including phenoxy) is 1. The molecule has 0 fully saturated rings. The van der Waals surface area contributed by atoms with Gasteiger partial charge in [0.25, 0.3) is 5.91 Å². The second-order valence-corrected chi connectivity index (χ2v) is 7.21. The van der Waals surface area contributed by atoms with E-state index >= 15 is 0 Å². The number of hydrogen-bond donors (Lipinski definition) is 1. The SMILES string of the molecule is CSCc1nc2ccccc2n1CC(=O)OCC(=O)Nc1ccccc1C(C)=O. The third kappa shape index (κ3) is 5.03. The minimum absolute atomic E-state index is 0.0340. The molecule has 1 heterocycles. The lowest BCUT2D eigenvalue weighted by atomic mass is 10.1. The summed E-state index contributed by atoms with van der Waals surface area (Å²) in [5.74, 6) is 0.226. The normalized spacial score (nSPS) is 10.7.